The van der Waals surface area contributed by atoms with Crippen LogP contribution < -0.4 is 11.5 Å². The van der Waals surface area contributed by atoms with Crippen LogP contribution in [0.5, 0.6) is 0 Å². The van der Waals surface area contributed by atoms with Crippen LogP contribution in [0.4, 0.5) is 68.9 Å². The number of nitrogens with two attached hydrogens (primary N) is 2. The van der Waals surface area contributed by atoms with E-state index in [1.807, 2.05) is 0 Å². The fourth-order valence-electron chi connectivity index (χ4n) is 4.46. The lowest BCUT2D eigenvalue weighted by Gasteiger charge is -2.39. The summed E-state index contributed by atoms with van der Waals surface area (Å²) in [6.45, 7) is 3.99. The number of hydrogen-bond acceptors (Lipinski definition) is 6. The zero-order chi connectivity index (χ0) is 36.4. The number of hydrogen-bond donors (Lipinski definition) is 3. The van der Waals surface area contributed by atoms with Gasteiger partial charge in [-0.1, -0.05) is 24.3 Å². The Kier molecular flexibility index (Phi) is 11.4. The molecule has 1 unspecified atom stereocenters. The summed E-state index contributed by atoms with van der Waals surface area (Å²) in [5.41, 5.74) is -2.25. The molecule has 1 heterocycles. The van der Waals surface area contributed by atoms with E-state index >= 15 is 0 Å². The van der Waals surface area contributed by atoms with Crippen LogP contribution in [0.1, 0.15) is 44.7 Å². The normalized spacial score (nSPS) is 16.9. The zero-order valence-corrected chi connectivity index (χ0v) is 24.8. The van der Waals surface area contributed by atoms with Gasteiger partial charge in [0.15, 0.2) is 0 Å². The predicted octanol–water partition coefficient (Wildman–Crippen LogP) is 7.59. The van der Waals surface area contributed by atoms with Gasteiger partial charge >= 0.3 is 30.8 Å². The molecule has 19 heteroatoms. The molecule has 0 aliphatic carbocycles. The van der Waals surface area contributed by atoms with Gasteiger partial charge in [-0.15, -0.1) is 0 Å². The number of rotatable bonds is 5. The molecule has 47 heavy (non-hydrogen) atoms. The van der Waals surface area contributed by atoms with Crippen molar-refractivity contribution in [1.29, 1.82) is 0 Å². The van der Waals surface area contributed by atoms with Gasteiger partial charge < -0.3 is 30.9 Å². The van der Waals surface area contributed by atoms with Gasteiger partial charge in [0.25, 0.3) is 11.2 Å². The van der Waals surface area contributed by atoms with Gasteiger partial charge in [0, 0.05) is 29.0 Å². The molecule has 1 fully saturated rings. The topological polar surface area (TPSA) is 111 Å². The third-order valence-electron chi connectivity index (χ3n) is 6.76. The number of nitrogens with zero attached hydrogens (tertiary/aromatic N) is 1. The molecule has 0 aromatic heterocycles. The van der Waals surface area contributed by atoms with E-state index in [1.165, 1.54) is 0 Å². The van der Waals surface area contributed by atoms with Crippen molar-refractivity contribution >= 4 is 17.5 Å². The first-order valence-electron chi connectivity index (χ1n) is 13.4. The molecule has 2 aromatic carbocycles. The highest BCUT2D eigenvalue weighted by Gasteiger charge is 2.74. The van der Waals surface area contributed by atoms with Gasteiger partial charge in [0.1, 0.15) is 5.60 Å². The second kappa shape index (κ2) is 13.5. The fourth-order valence-corrected chi connectivity index (χ4v) is 4.46. The van der Waals surface area contributed by atoms with Gasteiger partial charge in [-0.3, -0.25) is 0 Å². The summed E-state index contributed by atoms with van der Waals surface area (Å²) in [5.74, 6) is 0. The Hall–Kier alpha value is -3.61. The molecule has 2 aromatic rings. The van der Waals surface area contributed by atoms with E-state index in [0.717, 1.165) is 29.2 Å². The van der Waals surface area contributed by atoms with Crippen molar-refractivity contribution in [3.63, 3.8) is 0 Å². The molecule has 0 radical (unpaired) electrons. The lowest BCUT2D eigenvalue weighted by atomic mass is 9.91. The minimum atomic E-state index is -5.87. The summed E-state index contributed by atoms with van der Waals surface area (Å²) in [6.07, 6.45) is -23.6. The van der Waals surface area contributed by atoms with E-state index in [-0.39, 0.29) is 24.3 Å². The fraction of sp³-hybridized carbons (Fsp3) is 0.536. The van der Waals surface area contributed by atoms with Crippen LogP contribution in [0.3, 0.4) is 0 Å². The van der Waals surface area contributed by atoms with Crippen LogP contribution in [0, 0.1) is 0 Å². The van der Waals surface area contributed by atoms with Crippen LogP contribution in [0.2, 0.25) is 0 Å². The van der Waals surface area contributed by atoms with Crippen LogP contribution >= 0.6 is 0 Å². The van der Waals surface area contributed by atoms with E-state index in [2.05, 4.69) is 4.74 Å². The minimum Gasteiger partial charge on any atom is -0.444 e. The molecule has 0 bridgehead atoms. The van der Waals surface area contributed by atoms with Crippen molar-refractivity contribution in [2.45, 2.75) is 81.2 Å². The SMILES string of the molecule is CC(C)(C)OC(=O)N1CCCC1COC(c1ccc(N)cc1)(C(F)(F)F)C(F)(F)F.Nc1ccc(C(O)(C(F)(F)F)C(F)(F)F)cc1. The quantitative estimate of drug-likeness (QED) is 0.219. The molecule has 5 N–H and O–H groups in total. The number of benzene rings is 2. The van der Waals surface area contributed by atoms with E-state index < -0.39 is 71.4 Å². The molecule has 1 saturated heterocycles. The minimum absolute atomic E-state index is 0.00360. The summed E-state index contributed by atoms with van der Waals surface area (Å²) in [6, 6.07) is 4.81. The number of nitrogen functional groups attached to an aromatic ring is 2. The van der Waals surface area contributed by atoms with Crippen molar-refractivity contribution in [3.05, 3.63) is 59.7 Å². The number of halogens is 12. The monoisotopic (exact) mass is 701 g/mol. The third-order valence-corrected chi connectivity index (χ3v) is 6.76. The molecule has 0 spiro atoms. The first-order chi connectivity index (χ1) is 21.1. The number of ether oxygens (including phenoxy) is 2. The maximum absolute atomic E-state index is 13.8. The van der Waals surface area contributed by atoms with Gasteiger partial charge in [0.05, 0.1) is 12.6 Å². The number of amides is 1. The number of aliphatic hydroxyl groups is 1. The molecular weight excluding hydrogens is 670 g/mol. The van der Waals surface area contributed by atoms with E-state index in [1.54, 1.807) is 20.8 Å². The van der Waals surface area contributed by atoms with Crippen molar-refractivity contribution in [2.24, 2.45) is 0 Å². The van der Waals surface area contributed by atoms with E-state index in [4.69, 9.17) is 21.3 Å². The Balaban J connectivity index is 0.000000382. The van der Waals surface area contributed by atoms with Crippen molar-refractivity contribution in [1.82, 2.24) is 4.90 Å². The zero-order valence-electron chi connectivity index (χ0n) is 24.8. The van der Waals surface area contributed by atoms with Crippen LogP contribution in [-0.4, -0.2) is 65.6 Å². The second-order valence-corrected chi connectivity index (χ2v) is 11.4. The predicted molar refractivity (Wildman–Crippen MR) is 143 cm³/mol. The first-order valence-corrected chi connectivity index (χ1v) is 13.4. The largest absolute Gasteiger partial charge is 0.444 e. The lowest BCUT2D eigenvalue weighted by Crippen LogP contribution is -2.57. The van der Waals surface area contributed by atoms with Gasteiger partial charge in [-0.25, -0.2) is 4.79 Å². The lowest BCUT2D eigenvalue weighted by molar-refractivity contribution is -0.390. The average Bonchev–Trinajstić information content (AvgIpc) is 3.35. The highest BCUT2D eigenvalue weighted by Crippen LogP contribution is 2.53. The summed E-state index contributed by atoms with van der Waals surface area (Å²) < 4.78 is 167. The Labute approximate surface area is 260 Å². The summed E-state index contributed by atoms with van der Waals surface area (Å²) in [5, 5.41) is 8.96. The molecule has 1 amide bonds. The highest BCUT2D eigenvalue weighted by molar-refractivity contribution is 5.69. The smallest absolute Gasteiger partial charge is 0.430 e. The Morgan fingerprint density at radius 2 is 1.15 bits per heavy atom. The van der Waals surface area contributed by atoms with Crippen LogP contribution in [0.15, 0.2) is 48.5 Å². The number of likely N-dealkylation sites (tertiary alicyclic amines) is 1. The molecule has 0 saturated carbocycles. The maximum atomic E-state index is 13.8. The van der Waals surface area contributed by atoms with Gasteiger partial charge in [0.2, 0.25) is 0 Å². The van der Waals surface area contributed by atoms with Crippen molar-refractivity contribution in [3.8, 4) is 0 Å². The number of carbonyl (C=O) groups excluding carboxylic acids is 1. The molecule has 1 atom stereocenters. The molecule has 1 aliphatic rings. The number of carbonyl (C=O) groups is 1. The third kappa shape index (κ3) is 8.65. The van der Waals surface area contributed by atoms with Crippen LogP contribution in [0.25, 0.3) is 0 Å². The number of alkyl halides is 12. The van der Waals surface area contributed by atoms with Crippen LogP contribution in [-0.2, 0) is 20.7 Å². The van der Waals surface area contributed by atoms with Gasteiger partial charge in [-0.2, -0.15) is 52.7 Å². The highest BCUT2D eigenvalue weighted by atomic mass is 19.4. The Bertz CT molecular complexity index is 1310. The first kappa shape index (κ1) is 39.6. The summed E-state index contributed by atoms with van der Waals surface area (Å²) in [7, 11) is 0. The second-order valence-electron chi connectivity index (χ2n) is 11.4. The molecule has 7 nitrogen and oxygen atoms in total. The maximum Gasteiger partial charge on any atom is 0.430 e. The summed E-state index contributed by atoms with van der Waals surface area (Å²) in [4.78, 5) is 13.4. The van der Waals surface area contributed by atoms with E-state index in [9.17, 15) is 57.5 Å². The molecule has 3 rings (SSSR count). The average molecular weight is 702 g/mol. The van der Waals surface area contributed by atoms with E-state index in [0.29, 0.717) is 30.7 Å². The molecule has 266 valence electrons. The molecule has 1 aliphatic heterocycles. The Morgan fingerprint density at radius 3 is 1.51 bits per heavy atom. The van der Waals surface area contributed by atoms with Crippen molar-refractivity contribution < 1.29 is 72.1 Å². The Morgan fingerprint density at radius 1 is 0.745 bits per heavy atom. The molecular formula is C28H31F12N3O4. The van der Waals surface area contributed by atoms with Gasteiger partial charge in [-0.05, 0) is 57.9 Å². The van der Waals surface area contributed by atoms with Crippen molar-refractivity contribution in [2.75, 3.05) is 24.6 Å². The standard InChI is InChI=1S/C19H24F6N2O3.C9H7F6NO/c1-16(2,3)30-15(28)27-10-4-5-14(27)11-29-17(18(20,21)22,19(23,24)25)12-6-8-13(26)9-7-12;10-8(11,12)7(17,9(13,14)15)5-1-3-6(16)4-2-5/h6-9,14H,4-5,10-11,26H2,1-3H3;1-4,17H,16H2. The number of anilines is 2. The summed E-state index contributed by atoms with van der Waals surface area (Å²) >= 11 is 0.